The van der Waals surface area contributed by atoms with Gasteiger partial charge in [-0.05, 0) is 68.0 Å². The van der Waals surface area contributed by atoms with Crippen LogP contribution in [0.1, 0.15) is 38.8 Å². The molecule has 0 N–H and O–H groups in total. The number of ether oxygens (including phenoxy) is 2. The molecule has 1 saturated heterocycles. The van der Waals surface area contributed by atoms with Crippen LogP contribution in [-0.4, -0.2) is 25.9 Å². The van der Waals surface area contributed by atoms with Crippen molar-refractivity contribution < 1.29 is 9.47 Å². The lowest BCUT2D eigenvalue weighted by Gasteiger charge is -2.30. The Morgan fingerprint density at radius 1 is 0.895 bits per heavy atom. The molecule has 1 aliphatic rings. The van der Waals surface area contributed by atoms with Crippen molar-refractivity contribution >= 4 is 11.6 Å². The summed E-state index contributed by atoms with van der Waals surface area (Å²) in [5.41, 5.74) is 7.83. The Kier molecular flexibility index (Phi) is 4.54. The van der Waals surface area contributed by atoms with E-state index in [2.05, 4.69) is 34.6 Å². The third kappa shape index (κ3) is 2.67. The van der Waals surface area contributed by atoms with Crippen molar-refractivity contribution in [3.05, 3.63) is 33.4 Å². The summed E-state index contributed by atoms with van der Waals surface area (Å²) in [6.45, 7) is 12.7. The highest BCUT2D eigenvalue weighted by atomic mass is 35.5. The highest BCUT2D eigenvalue weighted by molar-refractivity contribution is 6.21. The van der Waals surface area contributed by atoms with Gasteiger partial charge in [0.25, 0.3) is 0 Å². The van der Waals surface area contributed by atoms with E-state index in [0.29, 0.717) is 19.8 Å². The van der Waals surface area contributed by atoms with Gasteiger partial charge in [0.15, 0.2) is 0 Å². The van der Waals surface area contributed by atoms with Crippen LogP contribution < -0.4 is 0 Å². The molecule has 0 amide bonds. The molecule has 0 spiro atoms. The van der Waals surface area contributed by atoms with Crippen LogP contribution in [0.2, 0.25) is 0 Å². The molecule has 19 heavy (non-hydrogen) atoms. The minimum absolute atomic E-state index is 0.0469. The van der Waals surface area contributed by atoms with Gasteiger partial charge in [-0.1, -0.05) is 0 Å². The minimum Gasteiger partial charge on any atom is -0.376 e. The molecule has 1 aromatic rings. The molecule has 3 heteroatoms. The number of hydrogen-bond donors (Lipinski definition) is 0. The maximum absolute atomic E-state index is 6.69. The minimum atomic E-state index is -0.140. The third-order valence-electron chi connectivity index (χ3n) is 4.50. The fraction of sp³-hybridized carbons (Fsp3) is 0.625. The van der Waals surface area contributed by atoms with Crippen molar-refractivity contribution in [1.82, 2.24) is 0 Å². The van der Waals surface area contributed by atoms with E-state index < -0.39 is 0 Å². The summed E-state index contributed by atoms with van der Waals surface area (Å²) in [5.74, 6) is 0. The first kappa shape index (κ1) is 14.8. The van der Waals surface area contributed by atoms with Crippen molar-refractivity contribution in [2.24, 2.45) is 0 Å². The molecule has 1 aliphatic heterocycles. The van der Waals surface area contributed by atoms with E-state index in [9.17, 15) is 0 Å². The van der Waals surface area contributed by atoms with Crippen LogP contribution in [0.25, 0.3) is 0 Å². The molecule has 1 fully saturated rings. The second kappa shape index (κ2) is 5.82. The van der Waals surface area contributed by atoms with E-state index in [-0.39, 0.29) is 11.5 Å². The van der Waals surface area contributed by atoms with E-state index in [0.717, 1.165) is 0 Å². The Bertz CT molecular complexity index is 447. The summed E-state index contributed by atoms with van der Waals surface area (Å²) >= 11 is 6.69. The van der Waals surface area contributed by atoms with Gasteiger partial charge < -0.3 is 9.47 Å². The molecule has 106 valence electrons. The Morgan fingerprint density at radius 2 is 1.42 bits per heavy atom. The number of benzene rings is 1. The van der Waals surface area contributed by atoms with Gasteiger partial charge >= 0.3 is 0 Å². The fourth-order valence-corrected chi connectivity index (χ4v) is 3.28. The quantitative estimate of drug-likeness (QED) is 0.766. The first-order valence-electron chi connectivity index (χ1n) is 6.85. The molecule has 2 nitrogen and oxygen atoms in total. The van der Waals surface area contributed by atoms with E-state index >= 15 is 0 Å². The number of alkyl halides is 1. The van der Waals surface area contributed by atoms with Gasteiger partial charge in [0, 0.05) is 0 Å². The van der Waals surface area contributed by atoms with Crippen LogP contribution in [0.5, 0.6) is 0 Å². The lowest BCUT2D eigenvalue weighted by atomic mass is 9.87. The lowest BCUT2D eigenvalue weighted by Crippen LogP contribution is -2.32. The SMILES string of the molecule is Cc1c(C)c(C)c(C(Cl)C2COCCO2)c(C)c1C. The smallest absolute Gasteiger partial charge is 0.101 e. The van der Waals surface area contributed by atoms with Gasteiger partial charge in [0.2, 0.25) is 0 Å². The Balaban J connectivity index is 2.43. The second-order valence-electron chi connectivity index (χ2n) is 5.42. The first-order valence-corrected chi connectivity index (χ1v) is 7.29. The van der Waals surface area contributed by atoms with Crippen molar-refractivity contribution in [1.29, 1.82) is 0 Å². The predicted molar refractivity (Wildman–Crippen MR) is 79.3 cm³/mol. The number of hydrogen-bond acceptors (Lipinski definition) is 2. The predicted octanol–water partition coefficient (Wildman–Crippen LogP) is 3.92. The van der Waals surface area contributed by atoms with Crippen molar-refractivity contribution in [3.8, 4) is 0 Å². The van der Waals surface area contributed by atoms with E-state index in [4.69, 9.17) is 21.1 Å². The van der Waals surface area contributed by atoms with Crippen LogP contribution in [0.15, 0.2) is 0 Å². The Labute approximate surface area is 121 Å². The molecule has 0 radical (unpaired) electrons. The molecule has 0 aliphatic carbocycles. The molecular weight excluding hydrogens is 260 g/mol. The molecule has 2 rings (SSSR count). The summed E-state index contributed by atoms with van der Waals surface area (Å²) in [4.78, 5) is 0. The highest BCUT2D eigenvalue weighted by Crippen LogP contribution is 2.36. The molecule has 2 atom stereocenters. The van der Waals surface area contributed by atoms with Gasteiger partial charge in [0.1, 0.15) is 6.10 Å². The van der Waals surface area contributed by atoms with Crippen molar-refractivity contribution in [2.75, 3.05) is 19.8 Å². The van der Waals surface area contributed by atoms with Crippen molar-refractivity contribution in [2.45, 2.75) is 46.1 Å². The third-order valence-corrected chi connectivity index (χ3v) is 5.00. The van der Waals surface area contributed by atoms with Crippen LogP contribution in [0, 0.1) is 34.6 Å². The molecule has 0 saturated carbocycles. The fourth-order valence-electron chi connectivity index (χ4n) is 2.80. The maximum Gasteiger partial charge on any atom is 0.101 e. The largest absolute Gasteiger partial charge is 0.376 e. The summed E-state index contributed by atoms with van der Waals surface area (Å²) in [5, 5.41) is -0.140. The summed E-state index contributed by atoms with van der Waals surface area (Å²) in [6.07, 6.45) is -0.0469. The second-order valence-corrected chi connectivity index (χ2v) is 5.89. The zero-order valence-electron chi connectivity index (χ0n) is 12.5. The summed E-state index contributed by atoms with van der Waals surface area (Å²) in [6, 6.07) is 0. The van der Waals surface area contributed by atoms with E-state index in [1.54, 1.807) is 0 Å². The normalized spacial score (nSPS) is 21.5. The summed E-state index contributed by atoms with van der Waals surface area (Å²) < 4.78 is 11.2. The molecule has 0 aromatic heterocycles. The van der Waals surface area contributed by atoms with Gasteiger partial charge in [-0.25, -0.2) is 0 Å². The Morgan fingerprint density at radius 3 is 1.89 bits per heavy atom. The van der Waals surface area contributed by atoms with E-state index in [1.807, 2.05) is 0 Å². The average molecular weight is 283 g/mol. The van der Waals surface area contributed by atoms with E-state index in [1.165, 1.54) is 33.4 Å². The first-order chi connectivity index (χ1) is 8.95. The monoisotopic (exact) mass is 282 g/mol. The molecular formula is C16H23ClO2. The number of halogens is 1. The van der Waals surface area contributed by atoms with Crippen molar-refractivity contribution in [3.63, 3.8) is 0 Å². The van der Waals surface area contributed by atoms with Crippen LogP contribution >= 0.6 is 11.6 Å². The standard InChI is InChI=1S/C16H23ClO2/c1-9-10(2)12(4)15(13(5)11(9)3)16(17)14-8-18-6-7-19-14/h14,16H,6-8H2,1-5H3. The van der Waals surface area contributed by atoms with Gasteiger partial charge in [-0.15, -0.1) is 11.6 Å². The molecule has 0 bridgehead atoms. The van der Waals surface area contributed by atoms with Gasteiger partial charge in [-0.3, -0.25) is 0 Å². The maximum atomic E-state index is 6.69. The molecule has 1 heterocycles. The topological polar surface area (TPSA) is 18.5 Å². The Hall–Kier alpha value is -0.570. The van der Waals surface area contributed by atoms with Gasteiger partial charge in [0.05, 0.1) is 25.2 Å². The van der Waals surface area contributed by atoms with Crippen LogP contribution in [-0.2, 0) is 9.47 Å². The van der Waals surface area contributed by atoms with Gasteiger partial charge in [-0.2, -0.15) is 0 Å². The highest BCUT2D eigenvalue weighted by Gasteiger charge is 2.28. The zero-order valence-corrected chi connectivity index (χ0v) is 13.2. The number of rotatable bonds is 2. The van der Waals surface area contributed by atoms with Crippen LogP contribution in [0.3, 0.4) is 0 Å². The van der Waals surface area contributed by atoms with Crippen LogP contribution in [0.4, 0.5) is 0 Å². The molecule has 2 unspecified atom stereocenters. The summed E-state index contributed by atoms with van der Waals surface area (Å²) in [7, 11) is 0. The lowest BCUT2D eigenvalue weighted by molar-refractivity contribution is -0.0893. The average Bonchev–Trinajstić information content (AvgIpc) is 2.44. The zero-order chi connectivity index (χ0) is 14.2. The molecule has 1 aromatic carbocycles.